The van der Waals surface area contributed by atoms with Gasteiger partial charge in [-0.2, -0.15) is 0 Å². The van der Waals surface area contributed by atoms with Gasteiger partial charge in [0.15, 0.2) is 0 Å². The number of benzene rings is 2. The Kier molecular flexibility index (Phi) is 3.62. The zero-order valence-corrected chi connectivity index (χ0v) is 12.5. The third-order valence-electron chi connectivity index (χ3n) is 3.92. The summed E-state index contributed by atoms with van der Waals surface area (Å²) >= 11 is 0. The van der Waals surface area contributed by atoms with Gasteiger partial charge in [-0.1, -0.05) is 44.2 Å². The predicted molar refractivity (Wildman–Crippen MR) is 85.1 cm³/mol. The van der Waals surface area contributed by atoms with Gasteiger partial charge in [-0.25, -0.2) is 0 Å². The summed E-state index contributed by atoms with van der Waals surface area (Å²) in [6.45, 7) is 6.25. The number of methoxy groups -OCH3 is 1. The lowest BCUT2D eigenvalue weighted by molar-refractivity contribution is 0.398. The Morgan fingerprint density at radius 2 is 1.60 bits per heavy atom. The normalized spacial score (nSPS) is 11.4. The Labute approximate surface area is 120 Å². The molecule has 0 radical (unpaired) electrons. The second kappa shape index (κ2) is 5.08. The van der Waals surface area contributed by atoms with Crippen LogP contribution in [0.2, 0.25) is 0 Å². The van der Waals surface area contributed by atoms with Crippen LogP contribution in [0.25, 0.3) is 0 Å². The molecule has 0 atom stereocenters. The number of hydrogen-bond donors (Lipinski definition) is 2. The second-order valence-corrected chi connectivity index (χ2v) is 5.58. The zero-order valence-electron chi connectivity index (χ0n) is 12.5. The lowest BCUT2D eigenvalue weighted by atomic mass is 9.76. The highest BCUT2D eigenvalue weighted by Gasteiger charge is 2.30. The van der Waals surface area contributed by atoms with Crippen molar-refractivity contribution in [2.75, 3.05) is 18.6 Å². The third-order valence-corrected chi connectivity index (χ3v) is 3.92. The topological polar surface area (TPSA) is 61.3 Å². The van der Waals surface area contributed by atoms with Gasteiger partial charge in [-0.3, -0.25) is 0 Å². The molecule has 20 heavy (non-hydrogen) atoms. The van der Waals surface area contributed by atoms with E-state index in [1.54, 1.807) is 7.11 Å². The first kappa shape index (κ1) is 14.3. The van der Waals surface area contributed by atoms with Gasteiger partial charge in [0.2, 0.25) is 0 Å². The molecule has 2 aromatic carbocycles. The summed E-state index contributed by atoms with van der Waals surface area (Å²) in [5.74, 6) is 0.774. The molecule has 2 rings (SSSR count). The fourth-order valence-electron chi connectivity index (χ4n) is 2.70. The molecular weight excluding hydrogens is 248 g/mol. The van der Waals surface area contributed by atoms with Gasteiger partial charge >= 0.3 is 0 Å². The quantitative estimate of drug-likeness (QED) is 0.839. The molecule has 0 spiro atoms. The average Bonchev–Trinajstić information content (AvgIpc) is 2.43. The third kappa shape index (κ3) is 2.20. The SMILES string of the molecule is COc1c(C)c(N)cc(N)c1C(C)(C)c1ccccc1. The van der Waals surface area contributed by atoms with Crippen LogP contribution in [0.15, 0.2) is 36.4 Å². The molecule has 3 nitrogen and oxygen atoms in total. The minimum Gasteiger partial charge on any atom is -0.496 e. The number of nitrogen functional groups attached to an aromatic ring is 2. The van der Waals surface area contributed by atoms with Crippen molar-refractivity contribution in [3.8, 4) is 5.75 Å². The Morgan fingerprint density at radius 1 is 1.00 bits per heavy atom. The van der Waals surface area contributed by atoms with Crippen molar-refractivity contribution in [3.05, 3.63) is 53.1 Å². The first-order valence-corrected chi connectivity index (χ1v) is 6.68. The maximum absolute atomic E-state index is 6.23. The van der Waals surface area contributed by atoms with Crippen LogP contribution in [0, 0.1) is 6.92 Å². The number of rotatable bonds is 3. The van der Waals surface area contributed by atoms with E-state index in [0.29, 0.717) is 11.4 Å². The minimum absolute atomic E-state index is 0.255. The number of anilines is 2. The molecule has 0 heterocycles. The van der Waals surface area contributed by atoms with Crippen molar-refractivity contribution in [1.82, 2.24) is 0 Å². The van der Waals surface area contributed by atoms with E-state index in [-0.39, 0.29) is 5.41 Å². The molecule has 2 aromatic rings. The summed E-state index contributed by atoms with van der Waals surface area (Å²) in [6, 6.07) is 12.1. The Hall–Kier alpha value is -2.16. The van der Waals surface area contributed by atoms with Crippen molar-refractivity contribution >= 4 is 11.4 Å². The first-order chi connectivity index (χ1) is 9.39. The van der Waals surface area contributed by atoms with E-state index in [1.807, 2.05) is 31.2 Å². The lowest BCUT2D eigenvalue weighted by Crippen LogP contribution is -2.22. The molecule has 0 aromatic heterocycles. The largest absolute Gasteiger partial charge is 0.496 e. The van der Waals surface area contributed by atoms with Gasteiger partial charge < -0.3 is 16.2 Å². The minimum atomic E-state index is -0.255. The predicted octanol–water partition coefficient (Wildman–Crippen LogP) is 3.49. The van der Waals surface area contributed by atoms with Crippen LogP contribution >= 0.6 is 0 Å². The number of hydrogen-bond acceptors (Lipinski definition) is 3. The van der Waals surface area contributed by atoms with Crippen LogP contribution in [-0.4, -0.2) is 7.11 Å². The molecule has 0 saturated heterocycles. The van der Waals surface area contributed by atoms with Crippen LogP contribution in [0.1, 0.15) is 30.5 Å². The average molecular weight is 270 g/mol. The van der Waals surface area contributed by atoms with Crippen molar-refractivity contribution in [1.29, 1.82) is 0 Å². The van der Waals surface area contributed by atoms with Gasteiger partial charge in [0.05, 0.1) is 7.11 Å². The summed E-state index contributed by atoms with van der Waals surface area (Å²) in [6.07, 6.45) is 0. The van der Waals surface area contributed by atoms with E-state index in [1.165, 1.54) is 5.56 Å². The lowest BCUT2D eigenvalue weighted by Gasteiger charge is -2.30. The number of nitrogens with two attached hydrogens (primary N) is 2. The smallest absolute Gasteiger partial charge is 0.129 e. The maximum atomic E-state index is 6.23. The van der Waals surface area contributed by atoms with E-state index in [4.69, 9.17) is 16.2 Å². The highest BCUT2D eigenvalue weighted by atomic mass is 16.5. The van der Waals surface area contributed by atoms with E-state index in [0.717, 1.165) is 16.9 Å². The highest BCUT2D eigenvalue weighted by Crippen LogP contribution is 2.44. The Morgan fingerprint density at radius 3 is 2.15 bits per heavy atom. The fraction of sp³-hybridized carbons (Fsp3) is 0.294. The van der Waals surface area contributed by atoms with Crippen LogP contribution in [0.4, 0.5) is 11.4 Å². The second-order valence-electron chi connectivity index (χ2n) is 5.58. The first-order valence-electron chi connectivity index (χ1n) is 6.68. The summed E-state index contributed by atoms with van der Waals surface area (Å²) in [5.41, 5.74) is 16.4. The van der Waals surface area contributed by atoms with Crippen LogP contribution in [-0.2, 0) is 5.41 Å². The molecular formula is C17H22N2O. The van der Waals surface area contributed by atoms with Crippen LogP contribution in [0.3, 0.4) is 0 Å². The maximum Gasteiger partial charge on any atom is 0.129 e. The van der Waals surface area contributed by atoms with E-state index < -0.39 is 0 Å². The van der Waals surface area contributed by atoms with Gasteiger partial charge in [0.25, 0.3) is 0 Å². The molecule has 3 heteroatoms. The molecule has 4 N–H and O–H groups in total. The summed E-state index contributed by atoms with van der Waals surface area (Å²) in [5, 5.41) is 0. The van der Waals surface area contributed by atoms with Gasteiger partial charge in [-0.05, 0) is 18.6 Å². The standard InChI is InChI=1S/C17H22N2O/c1-11-13(18)10-14(19)15(16(11)20-4)17(2,3)12-8-6-5-7-9-12/h5-10H,18-19H2,1-4H3. The zero-order chi connectivity index (χ0) is 14.9. The number of ether oxygens (including phenoxy) is 1. The van der Waals surface area contributed by atoms with E-state index >= 15 is 0 Å². The van der Waals surface area contributed by atoms with Crippen molar-refractivity contribution in [2.45, 2.75) is 26.2 Å². The van der Waals surface area contributed by atoms with Crippen molar-refractivity contribution in [2.24, 2.45) is 0 Å². The van der Waals surface area contributed by atoms with Crippen LogP contribution in [0.5, 0.6) is 5.75 Å². The van der Waals surface area contributed by atoms with Gasteiger partial charge in [-0.15, -0.1) is 0 Å². The molecule has 0 aliphatic rings. The molecule has 0 aliphatic heterocycles. The Bertz CT molecular complexity index is 619. The molecule has 0 saturated carbocycles. The van der Waals surface area contributed by atoms with Gasteiger partial charge in [0, 0.05) is 27.9 Å². The summed E-state index contributed by atoms with van der Waals surface area (Å²) in [7, 11) is 1.66. The fourth-order valence-corrected chi connectivity index (χ4v) is 2.70. The van der Waals surface area contributed by atoms with Crippen molar-refractivity contribution < 1.29 is 4.74 Å². The summed E-state index contributed by atoms with van der Waals surface area (Å²) in [4.78, 5) is 0. The molecule has 0 unspecified atom stereocenters. The van der Waals surface area contributed by atoms with Gasteiger partial charge in [0.1, 0.15) is 5.75 Å². The molecule has 106 valence electrons. The van der Waals surface area contributed by atoms with Crippen LogP contribution < -0.4 is 16.2 Å². The highest BCUT2D eigenvalue weighted by molar-refractivity contribution is 5.71. The Balaban J connectivity index is 2.72. The van der Waals surface area contributed by atoms with E-state index in [2.05, 4.69) is 26.0 Å². The molecule has 0 fully saturated rings. The molecule has 0 amide bonds. The summed E-state index contributed by atoms with van der Waals surface area (Å²) < 4.78 is 5.59. The van der Waals surface area contributed by atoms with E-state index in [9.17, 15) is 0 Å². The monoisotopic (exact) mass is 270 g/mol. The van der Waals surface area contributed by atoms with Crippen molar-refractivity contribution in [3.63, 3.8) is 0 Å². The molecule has 0 bridgehead atoms. The molecule has 0 aliphatic carbocycles.